The summed E-state index contributed by atoms with van der Waals surface area (Å²) in [5.41, 5.74) is 2.25. The standard InChI is InChI=1S/C40H50N4O6S/c1-9-28-21-40(28,38(47)42-51(48,49)31-15-16-31)22-35(45)34-20-30(23-44(34)37(46)25(3)39(4,5)6)50-36-32-17-10-24(2)18-27(32)19-33(41-36)26-11-13-29(14-12-26)43(7)8/h9-14,17-19,25,28,30-31,34H,1,15-16,20-23H2,2-8H3,(H,42,47)/t25-,28?,30-,34+,40-/m1/s1. The normalized spacial score (nSPS) is 23.8. The van der Waals surface area contributed by atoms with E-state index in [0.29, 0.717) is 25.1 Å². The van der Waals surface area contributed by atoms with Crippen molar-refractivity contribution in [1.29, 1.82) is 0 Å². The zero-order valence-corrected chi connectivity index (χ0v) is 31.5. The minimum atomic E-state index is -3.80. The monoisotopic (exact) mass is 714 g/mol. The molecular weight excluding hydrogens is 665 g/mol. The summed E-state index contributed by atoms with van der Waals surface area (Å²) in [5.74, 6) is -1.44. The summed E-state index contributed by atoms with van der Waals surface area (Å²) in [5, 5.41) is 1.22. The highest BCUT2D eigenvalue weighted by Gasteiger charge is 2.61. The lowest BCUT2D eigenvalue weighted by atomic mass is 9.81. The SMILES string of the molecule is C=CC1C[C@]1(CC(=O)[C@@H]1C[C@@H](Oc2nc(-c3ccc(N(C)C)cc3)cc3cc(C)ccc23)CN1C(=O)[C@@H](C)C(C)(C)C)C(=O)NS(=O)(=O)C1CC1. The van der Waals surface area contributed by atoms with Crippen LogP contribution in [0.25, 0.3) is 22.0 Å². The second kappa shape index (κ2) is 13.4. The first kappa shape index (κ1) is 36.5. The molecular formula is C40H50N4O6S. The number of carbonyl (C=O) groups is 3. The predicted octanol–water partition coefficient (Wildman–Crippen LogP) is 6.07. The van der Waals surface area contributed by atoms with Crippen LogP contribution in [0.15, 0.2) is 61.2 Å². The molecule has 0 radical (unpaired) electrons. The molecule has 3 fully saturated rings. The Labute approximate surface area is 301 Å². The molecule has 1 saturated heterocycles. The van der Waals surface area contributed by atoms with Crippen molar-refractivity contribution in [3.8, 4) is 17.1 Å². The van der Waals surface area contributed by atoms with Crippen molar-refractivity contribution in [3.05, 3.63) is 66.7 Å². The molecule has 1 unspecified atom stereocenters. The van der Waals surface area contributed by atoms with Crippen molar-refractivity contribution < 1.29 is 27.5 Å². The Hall–Kier alpha value is -4.25. The molecule has 2 aromatic carbocycles. The van der Waals surface area contributed by atoms with E-state index in [1.807, 2.05) is 96.1 Å². The summed E-state index contributed by atoms with van der Waals surface area (Å²) in [6, 6.07) is 15.4. The Bertz CT molecular complexity index is 1980. The molecule has 51 heavy (non-hydrogen) atoms. The fourth-order valence-electron chi connectivity index (χ4n) is 7.03. The first-order valence-electron chi connectivity index (χ1n) is 17.8. The van der Waals surface area contributed by atoms with Gasteiger partial charge in [0.05, 0.1) is 28.9 Å². The van der Waals surface area contributed by atoms with E-state index in [1.165, 1.54) is 0 Å². The van der Waals surface area contributed by atoms with Crippen LogP contribution in [0.1, 0.15) is 65.4 Å². The number of ether oxygens (including phenoxy) is 1. The first-order chi connectivity index (χ1) is 23.9. The second-order valence-electron chi connectivity index (χ2n) is 16.1. The van der Waals surface area contributed by atoms with Gasteiger partial charge in [0.2, 0.25) is 27.7 Å². The van der Waals surface area contributed by atoms with E-state index < -0.39 is 44.7 Å². The Morgan fingerprint density at radius 3 is 2.39 bits per heavy atom. The van der Waals surface area contributed by atoms with Crippen LogP contribution in [-0.2, 0) is 24.4 Å². The van der Waals surface area contributed by atoms with E-state index in [9.17, 15) is 22.8 Å². The highest BCUT2D eigenvalue weighted by atomic mass is 32.2. The summed E-state index contributed by atoms with van der Waals surface area (Å²) >= 11 is 0. The van der Waals surface area contributed by atoms with Gasteiger partial charge in [-0.3, -0.25) is 19.1 Å². The predicted molar refractivity (Wildman–Crippen MR) is 200 cm³/mol. The maximum atomic E-state index is 14.3. The van der Waals surface area contributed by atoms with Crippen LogP contribution >= 0.6 is 0 Å². The highest BCUT2D eigenvalue weighted by molar-refractivity contribution is 7.90. The second-order valence-corrected chi connectivity index (χ2v) is 18.0. The molecule has 1 aromatic heterocycles. The lowest BCUT2D eigenvalue weighted by molar-refractivity contribution is -0.144. The summed E-state index contributed by atoms with van der Waals surface area (Å²) < 4.78 is 34.3. The van der Waals surface area contributed by atoms with E-state index in [2.05, 4.69) is 17.4 Å². The number of rotatable bonds is 12. The molecule has 1 aliphatic heterocycles. The van der Waals surface area contributed by atoms with Gasteiger partial charge in [0.25, 0.3) is 0 Å². The zero-order valence-electron chi connectivity index (χ0n) is 30.7. The average molecular weight is 715 g/mol. The number of benzene rings is 2. The number of aromatic nitrogens is 1. The number of sulfonamides is 1. The van der Waals surface area contributed by atoms with Crippen molar-refractivity contribution in [2.24, 2.45) is 22.7 Å². The van der Waals surface area contributed by atoms with E-state index in [4.69, 9.17) is 9.72 Å². The number of pyridine rings is 1. The van der Waals surface area contributed by atoms with Gasteiger partial charge in [-0.2, -0.15) is 0 Å². The van der Waals surface area contributed by atoms with Crippen LogP contribution in [0.3, 0.4) is 0 Å². The van der Waals surface area contributed by atoms with Gasteiger partial charge in [-0.05, 0) is 67.2 Å². The van der Waals surface area contributed by atoms with Crippen LogP contribution in [-0.4, -0.2) is 73.9 Å². The number of anilines is 1. The number of amides is 2. The summed E-state index contributed by atoms with van der Waals surface area (Å²) in [7, 11) is 0.181. The average Bonchev–Trinajstić information content (AvgIpc) is 4.00. The van der Waals surface area contributed by atoms with Gasteiger partial charge in [-0.1, -0.05) is 63.6 Å². The third-order valence-electron chi connectivity index (χ3n) is 11.1. The largest absolute Gasteiger partial charge is 0.472 e. The summed E-state index contributed by atoms with van der Waals surface area (Å²) in [6.45, 7) is 13.9. The molecule has 11 heteroatoms. The lowest BCUT2D eigenvalue weighted by Gasteiger charge is -2.33. The lowest BCUT2D eigenvalue weighted by Crippen LogP contribution is -2.47. The summed E-state index contributed by atoms with van der Waals surface area (Å²) in [6.07, 6.45) is 2.44. The third kappa shape index (κ3) is 7.40. The number of nitrogens with one attached hydrogen (secondary N) is 1. The number of likely N-dealkylation sites (tertiary alicyclic amines) is 1. The van der Waals surface area contributed by atoms with Gasteiger partial charge >= 0.3 is 0 Å². The summed E-state index contributed by atoms with van der Waals surface area (Å²) in [4.78, 5) is 50.5. The van der Waals surface area contributed by atoms with Gasteiger partial charge in [0, 0.05) is 49.5 Å². The minimum absolute atomic E-state index is 0.166. The van der Waals surface area contributed by atoms with E-state index >= 15 is 0 Å². The Morgan fingerprint density at radius 2 is 1.80 bits per heavy atom. The topological polar surface area (TPSA) is 126 Å². The maximum absolute atomic E-state index is 14.3. The van der Waals surface area contributed by atoms with Crippen molar-refractivity contribution in [2.45, 2.75) is 84.1 Å². The minimum Gasteiger partial charge on any atom is -0.472 e. The zero-order chi connectivity index (χ0) is 37.0. The molecule has 1 N–H and O–H groups in total. The van der Waals surface area contributed by atoms with Gasteiger partial charge in [0.15, 0.2) is 5.78 Å². The van der Waals surface area contributed by atoms with Crippen LogP contribution < -0.4 is 14.4 Å². The number of nitrogens with zero attached hydrogens (tertiary/aromatic N) is 3. The highest BCUT2D eigenvalue weighted by Crippen LogP contribution is 2.57. The van der Waals surface area contributed by atoms with Crippen molar-refractivity contribution >= 4 is 44.1 Å². The molecule has 2 heterocycles. The number of ketones is 1. The molecule has 2 aliphatic carbocycles. The fourth-order valence-corrected chi connectivity index (χ4v) is 8.42. The molecule has 0 spiro atoms. The van der Waals surface area contributed by atoms with Gasteiger partial charge in [-0.15, -0.1) is 6.58 Å². The number of allylic oxidation sites excluding steroid dienone is 1. The fraction of sp³-hybridized carbons (Fsp3) is 0.500. The maximum Gasteiger partial charge on any atom is 0.240 e. The quantitative estimate of drug-likeness (QED) is 0.224. The van der Waals surface area contributed by atoms with Crippen LogP contribution in [0, 0.1) is 29.6 Å². The van der Waals surface area contributed by atoms with Crippen LogP contribution in [0.4, 0.5) is 5.69 Å². The molecule has 3 aliphatic rings. The van der Waals surface area contributed by atoms with E-state index in [-0.39, 0.29) is 42.4 Å². The van der Waals surface area contributed by atoms with Gasteiger partial charge in [0.1, 0.15) is 6.10 Å². The number of carbonyl (C=O) groups excluding carboxylic acids is 3. The van der Waals surface area contributed by atoms with Crippen molar-refractivity contribution in [3.63, 3.8) is 0 Å². The number of fused-ring (bicyclic) bond motifs is 1. The van der Waals surface area contributed by atoms with Gasteiger partial charge < -0.3 is 14.5 Å². The van der Waals surface area contributed by atoms with Crippen molar-refractivity contribution in [1.82, 2.24) is 14.6 Å². The molecule has 5 atom stereocenters. The number of aryl methyl sites for hydroxylation is 1. The molecule has 2 amide bonds. The number of hydrogen-bond donors (Lipinski definition) is 1. The first-order valence-corrected chi connectivity index (χ1v) is 19.4. The molecule has 10 nitrogen and oxygen atoms in total. The van der Waals surface area contributed by atoms with Crippen molar-refractivity contribution in [2.75, 3.05) is 25.5 Å². The van der Waals surface area contributed by atoms with Gasteiger partial charge in [-0.25, -0.2) is 13.4 Å². The Balaban J connectivity index is 1.30. The van der Waals surface area contributed by atoms with E-state index in [1.54, 1.807) is 11.0 Å². The Kier molecular flexibility index (Phi) is 9.59. The van der Waals surface area contributed by atoms with E-state index in [0.717, 1.165) is 33.3 Å². The number of hydrogen-bond acceptors (Lipinski definition) is 8. The molecule has 6 rings (SSSR count). The molecule has 0 bridgehead atoms. The Morgan fingerprint density at radius 1 is 1.12 bits per heavy atom. The molecule has 2 saturated carbocycles. The third-order valence-corrected chi connectivity index (χ3v) is 12.9. The smallest absolute Gasteiger partial charge is 0.240 e. The molecule has 272 valence electrons. The molecule has 3 aromatic rings. The number of Topliss-reactive ketones (excluding diaryl/α,β-unsaturated/α-hetero) is 1. The van der Waals surface area contributed by atoms with Crippen LogP contribution in [0.5, 0.6) is 5.88 Å². The van der Waals surface area contributed by atoms with Crippen LogP contribution in [0.2, 0.25) is 0 Å².